The van der Waals surface area contributed by atoms with Crippen LogP contribution in [0, 0.1) is 0 Å². The average Bonchev–Trinajstić information content (AvgIpc) is 2.95. The SMILES string of the molecule is CC(=O)O[C@H]1C(OC(C)C)[C@@H](COP(=O)([O-])OC(C)C)O[C@H]1n1cc(CO)c(=O)[nH]c1=O. The van der Waals surface area contributed by atoms with Gasteiger partial charge in [-0.2, -0.15) is 0 Å². The van der Waals surface area contributed by atoms with Crippen LogP contribution in [0.1, 0.15) is 46.4 Å². The molecule has 1 fully saturated rings. The number of phosphoric ester groups is 1. The van der Waals surface area contributed by atoms with Crippen LogP contribution in [0.2, 0.25) is 0 Å². The second kappa shape index (κ2) is 10.8. The molecule has 13 nitrogen and oxygen atoms in total. The number of H-pyrrole nitrogens is 1. The van der Waals surface area contributed by atoms with Gasteiger partial charge < -0.3 is 33.3 Å². The predicted octanol–water partition coefficient (Wildman–Crippen LogP) is -0.438. The summed E-state index contributed by atoms with van der Waals surface area (Å²) in [4.78, 5) is 50.0. The standard InChI is InChI=1S/C18H29N2O11P/c1-9(2)28-14-13(8-27-32(25,26)31-10(3)4)30-17(15(14)29-11(5)22)20-6-12(7-21)16(23)19-18(20)24/h6,9-10,13-15,17,21H,7-8H2,1-5H3,(H,25,26)(H,19,23,24)/p-1/t13-,14?,15+,17-/m1/s1. The first-order chi connectivity index (χ1) is 14.8. The van der Waals surface area contributed by atoms with Crippen LogP contribution in [0.15, 0.2) is 15.8 Å². The highest BCUT2D eigenvalue weighted by Crippen LogP contribution is 2.42. The van der Waals surface area contributed by atoms with E-state index in [1.165, 1.54) is 13.8 Å². The average molecular weight is 479 g/mol. The summed E-state index contributed by atoms with van der Waals surface area (Å²) in [5.74, 6) is -0.708. The number of rotatable bonds is 10. The summed E-state index contributed by atoms with van der Waals surface area (Å²) in [5.41, 5.74) is -1.81. The molecule has 2 rings (SSSR count). The molecule has 2 unspecified atom stereocenters. The highest BCUT2D eigenvalue weighted by atomic mass is 31.2. The summed E-state index contributed by atoms with van der Waals surface area (Å²) in [6, 6.07) is 0. The van der Waals surface area contributed by atoms with Gasteiger partial charge in [0.1, 0.15) is 12.2 Å². The number of hydrogen-bond acceptors (Lipinski definition) is 11. The third-order valence-electron chi connectivity index (χ3n) is 4.24. The molecule has 1 aliphatic rings. The number of nitrogens with one attached hydrogen (secondary N) is 1. The van der Waals surface area contributed by atoms with Crippen LogP contribution >= 0.6 is 7.82 Å². The minimum absolute atomic E-state index is 0.134. The molecule has 182 valence electrons. The van der Waals surface area contributed by atoms with E-state index in [4.69, 9.17) is 23.3 Å². The van der Waals surface area contributed by atoms with E-state index in [1.807, 2.05) is 4.98 Å². The maximum atomic E-state index is 12.4. The Morgan fingerprint density at radius 2 is 1.94 bits per heavy atom. The number of hydrogen-bond donors (Lipinski definition) is 2. The molecule has 1 saturated heterocycles. The Bertz CT molecular complexity index is 957. The molecule has 0 aromatic carbocycles. The Hall–Kier alpha value is -1.86. The van der Waals surface area contributed by atoms with Gasteiger partial charge in [-0.3, -0.25) is 23.7 Å². The molecule has 2 N–H and O–H groups in total. The Balaban J connectivity index is 2.43. The molecule has 0 radical (unpaired) electrons. The van der Waals surface area contributed by atoms with Crippen LogP contribution in [0.4, 0.5) is 0 Å². The van der Waals surface area contributed by atoms with E-state index in [2.05, 4.69) is 0 Å². The Labute approximate surface area is 183 Å². The maximum absolute atomic E-state index is 12.4. The molecule has 1 aromatic rings. The van der Waals surface area contributed by atoms with Gasteiger partial charge in [-0.15, -0.1) is 0 Å². The van der Waals surface area contributed by atoms with Gasteiger partial charge in [0.15, 0.2) is 12.3 Å². The molecule has 1 aliphatic heterocycles. The Kier molecular flexibility index (Phi) is 8.94. The zero-order chi connectivity index (χ0) is 24.2. The summed E-state index contributed by atoms with van der Waals surface area (Å²) in [6.07, 6.45) is -4.60. The van der Waals surface area contributed by atoms with Crippen molar-refractivity contribution in [1.29, 1.82) is 0 Å². The minimum Gasteiger partial charge on any atom is -0.756 e. The van der Waals surface area contributed by atoms with Crippen molar-refractivity contribution in [3.63, 3.8) is 0 Å². The Morgan fingerprint density at radius 3 is 2.47 bits per heavy atom. The first-order valence-electron chi connectivity index (χ1n) is 9.92. The summed E-state index contributed by atoms with van der Waals surface area (Å²) in [6.45, 7) is 6.36. The number of aliphatic hydroxyl groups excluding tert-OH is 1. The molecule has 0 amide bonds. The highest BCUT2D eigenvalue weighted by Gasteiger charge is 2.50. The second-order valence-corrected chi connectivity index (χ2v) is 9.03. The molecular formula is C18H28N2O11P-. The van der Waals surface area contributed by atoms with Crippen molar-refractivity contribution in [1.82, 2.24) is 9.55 Å². The lowest BCUT2D eigenvalue weighted by Crippen LogP contribution is -2.43. The number of ether oxygens (including phenoxy) is 3. The minimum atomic E-state index is -4.67. The summed E-state index contributed by atoms with van der Waals surface area (Å²) >= 11 is 0. The van der Waals surface area contributed by atoms with Crippen LogP contribution in [-0.2, 0) is 39.2 Å². The van der Waals surface area contributed by atoms with E-state index >= 15 is 0 Å². The number of aliphatic hydroxyl groups is 1. The lowest BCUT2D eigenvalue weighted by molar-refractivity contribution is -0.231. The lowest BCUT2D eigenvalue weighted by Gasteiger charge is -2.28. The van der Waals surface area contributed by atoms with Gasteiger partial charge in [0.25, 0.3) is 13.4 Å². The molecule has 2 heterocycles. The van der Waals surface area contributed by atoms with Crippen molar-refractivity contribution >= 4 is 13.8 Å². The van der Waals surface area contributed by atoms with Crippen molar-refractivity contribution in [2.24, 2.45) is 0 Å². The molecule has 1 aromatic heterocycles. The van der Waals surface area contributed by atoms with Crippen LogP contribution in [0.3, 0.4) is 0 Å². The molecule has 32 heavy (non-hydrogen) atoms. The fraction of sp³-hybridized carbons (Fsp3) is 0.722. The van der Waals surface area contributed by atoms with E-state index in [-0.39, 0.29) is 5.56 Å². The molecule has 0 spiro atoms. The molecule has 5 atom stereocenters. The predicted molar refractivity (Wildman–Crippen MR) is 106 cm³/mol. The second-order valence-electron chi connectivity index (χ2n) is 7.66. The van der Waals surface area contributed by atoms with Crippen molar-refractivity contribution < 1.29 is 42.6 Å². The largest absolute Gasteiger partial charge is 0.756 e. The number of phosphoric acid groups is 1. The summed E-state index contributed by atoms with van der Waals surface area (Å²) in [7, 11) is -4.67. The van der Waals surface area contributed by atoms with E-state index in [1.54, 1.807) is 13.8 Å². The van der Waals surface area contributed by atoms with Gasteiger partial charge in [-0.25, -0.2) is 4.79 Å². The third-order valence-corrected chi connectivity index (χ3v) is 5.38. The van der Waals surface area contributed by atoms with Crippen LogP contribution in [0.25, 0.3) is 0 Å². The first-order valence-corrected chi connectivity index (χ1v) is 11.4. The van der Waals surface area contributed by atoms with Crippen LogP contribution < -0.4 is 16.1 Å². The molecule has 0 aliphatic carbocycles. The van der Waals surface area contributed by atoms with Gasteiger partial charge in [-0.1, -0.05) is 0 Å². The summed E-state index contributed by atoms with van der Waals surface area (Å²) in [5, 5.41) is 9.37. The number of nitrogens with zero attached hydrogens (tertiary/aromatic N) is 1. The zero-order valence-corrected chi connectivity index (χ0v) is 19.3. The molecule has 0 bridgehead atoms. The number of aromatic nitrogens is 2. The van der Waals surface area contributed by atoms with Gasteiger partial charge in [0, 0.05) is 13.1 Å². The van der Waals surface area contributed by atoms with Crippen molar-refractivity contribution in [3.8, 4) is 0 Å². The van der Waals surface area contributed by atoms with E-state index in [0.717, 1.165) is 17.7 Å². The number of aromatic amines is 1. The highest BCUT2D eigenvalue weighted by molar-refractivity contribution is 7.45. The van der Waals surface area contributed by atoms with Crippen LogP contribution in [0.5, 0.6) is 0 Å². The monoisotopic (exact) mass is 479 g/mol. The quantitative estimate of drug-likeness (QED) is 0.328. The maximum Gasteiger partial charge on any atom is 0.330 e. The normalized spacial score (nSPS) is 25.3. The van der Waals surface area contributed by atoms with E-state index in [9.17, 15) is 28.9 Å². The zero-order valence-electron chi connectivity index (χ0n) is 18.4. The molecule has 14 heteroatoms. The molecular weight excluding hydrogens is 451 g/mol. The lowest BCUT2D eigenvalue weighted by atomic mass is 10.1. The molecule has 0 saturated carbocycles. The van der Waals surface area contributed by atoms with Crippen molar-refractivity contribution in [2.45, 2.75) is 78.0 Å². The van der Waals surface area contributed by atoms with Crippen molar-refractivity contribution in [3.05, 3.63) is 32.6 Å². The van der Waals surface area contributed by atoms with E-state index < -0.39 is 75.0 Å². The third kappa shape index (κ3) is 6.82. The fourth-order valence-electron chi connectivity index (χ4n) is 3.14. The first kappa shape index (κ1) is 26.4. The number of carbonyl (C=O) groups excluding carboxylic acids is 1. The van der Waals surface area contributed by atoms with Crippen LogP contribution in [-0.4, -0.2) is 57.8 Å². The van der Waals surface area contributed by atoms with Gasteiger partial charge >= 0.3 is 11.7 Å². The summed E-state index contributed by atoms with van der Waals surface area (Å²) < 4.78 is 39.5. The number of carbonyl (C=O) groups is 1. The van der Waals surface area contributed by atoms with Crippen molar-refractivity contribution in [2.75, 3.05) is 6.61 Å². The smallest absolute Gasteiger partial charge is 0.330 e. The van der Waals surface area contributed by atoms with Gasteiger partial charge in [0.2, 0.25) is 0 Å². The fourth-order valence-corrected chi connectivity index (χ4v) is 4.05. The number of esters is 1. The Morgan fingerprint density at radius 1 is 1.28 bits per heavy atom. The van der Waals surface area contributed by atoms with E-state index in [0.29, 0.717) is 0 Å². The van der Waals surface area contributed by atoms with Gasteiger partial charge in [0.05, 0.1) is 31.0 Å². The topological polar surface area (TPSA) is 178 Å². The van der Waals surface area contributed by atoms with Gasteiger partial charge in [-0.05, 0) is 27.7 Å².